The Morgan fingerprint density at radius 1 is 1.14 bits per heavy atom. The zero-order valence-corrected chi connectivity index (χ0v) is 14.1. The third kappa shape index (κ3) is 4.47. The van der Waals surface area contributed by atoms with Gasteiger partial charge in [0.25, 0.3) is 0 Å². The number of para-hydroxylation sites is 1. The largest absolute Gasteiger partial charge is 0.492 e. The molecule has 21 heavy (non-hydrogen) atoms. The summed E-state index contributed by atoms with van der Waals surface area (Å²) in [6, 6.07) is 12.3. The van der Waals surface area contributed by atoms with Gasteiger partial charge in [-0.2, -0.15) is 0 Å². The summed E-state index contributed by atoms with van der Waals surface area (Å²) in [6.45, 7) is 1.02. The van der Waals surface area contributed by atoms with Crippen LogP contribution in [0.15, 0.2) is 51.4 Å². The standard InChI is InChI=1S/C15H13Br2NO3/c16-12-5-2-6-13(17)14(12)18-7-8-21-11-4-1-3-10(9-11)15(19)20/h1-6,9,18H,7-8H2,(H,19,20). The maximum atomic E-state index is 10.9. The smallest absolute Gasteiger partial charge is 0.335 e. The Labute approximate surface area is 139 Å². The highest BCUT2D eigenvalue weighted by Crippen LogP contribution is 2.30. The monoisotopic (exact) mass is 413 g/mol. The molecule has 110 valence electrons. The maximum Gasteiger partial charge on any atom is 0.335 e. The van der Waals surface area contributed by atoms with Crippen molar-refractivity contribution < 1.29 is 14.6 Å². The molecule has 0 aliphatic heterocycles. The second kappa shape index (κ2) is 7.47. The fraction of sp³-hybridized carbons (Fsp3) is 0.133. The molecule has 0 aliphatic carbocycles. The molecule has 2 rings (SSSR count). The fourth-order valence-corrected chi connectivity index (χ4v) is 3.01. The van der Waals surface area contributed by atoms with E-state index in [1.165, 1.54) is 12.1 Å². The van der Waals surface area contributed by atoms with Crippen molar-refractivity contribution in [2.24, 2.45) is 0 Å². The van der Waals surface area contributed by atoms with Crippen LogP contribution in [-0.4, -0.2) is 24.2 Å². The maximum absolute atomic E-state index is 10.9. The first-order valence-corrected chi connectivity index (χ1v) is 7.80. The number of rotatable bonds is 6. The summed E-state index contributed by atoms with van der Waals surface area (Å²) >= 11 is 6.94. The Kier molecular flexibility index (Phi) is 5.64. The van der Waals surface area contributed by atoms with E-state index in [4.69, 9.17) is 9.84 Å². The fourth-order valence-electron chi connectivity index (χ4n) is 1.73. The Morgan fingerprint density at radius 3 is 2.48 bits per heavy atom. The highest BCUT2D eigenvalue weighted by atomic mass is 79.9. The summed E-state index contributed by atoms with van der Waals surface area (Å²) < 4.78 is 7.47. The van der Waals surface area contributed by atoms with E-state index in [9.17, 15) is 4.79 Å². The molecule has 0 fully saturated rings. The van der Waals surface area contributed by atoms with Crippen LogP contribution in [-0.2, 0) is 0 Å². The number of halogens is 2. The molecule has 0 saturated heterocycles. The number of hydrogen-bond acceptors (Lipinski definition) is 3. The molecule has 2 N–H and O–H groups in total. The van der Waals surface area contributed by atoms with Crippen molar-refractivity contribution in [3.8, 4) is 5.75 Å². The first kappa shape index (κ1) is 15.9. The number of aromatic carboxylic acids is 1. The van der Waals surface area contributed by atoms with Crippen molar-refractivity contribution >= 4 is 43.5 Å². The van der Waals surface area contributed by atoms with Gasteiger partial charge in [0.15, 0.2) is 0 Å². The van der Waals surface area contributed by atoms with Crippen LogP contribution in [0.3, 0.4) is 0 Å². The molecule has 0 spiro atoms. The number of hydrogen-bond donors (Lipinski definition) is 2. The van der Waals surface area contributed by atoms with E-state index >= 15 is 0 Å². The third-order valence-electron chi connectivity index (χ3n) is 2.72. The van der Waals surface area contributed by atoms with Crippen molar-refractivity contribution in [1.82, 2.24) is 0 Å². The van der Waals surface area contributed by atoms with Gasteiger partial charge in [-0.3, -0.25) is 0 Å². The van der Waals surface area contributed by atoms with Gasteiger partial charge in [-0.15, -0.1) is 0 Å². The molecular weight excluding hydrogens is 402 g/mol. The molecule has 0 atom stereocenters. The number of benzene rings is 2. The molecule has 2 aromatic carbocycles. The van der Waals surface area contributed by atoms with Crippen LogP contribution in [0.5, 0.6) is 5.75 Å². The molecule has 6 heteroatoms. The van der Waals surface area contributed by atoms with E-state index in [1.807, 2.05) is 18.2 Å². The Balaban J connectivity index is 1.88. The van der Waals surface area contributed by atoms with Gasteiger partial charge >= 0.3 is 5.97 Å². The summed E-state index contributed by atoms with van der Waals surface area (Å²) in [5.41, 5.74) is 1.18. The molecule has 2 aromatic rings. The lowest BCUT2D eigenvalue weighted by atomic mass is 10.2. The molecule has 0 amide bonds. The molecule has 0 saturated carbocycles. The first-order valence-electron chi connectivity index (χ1n) is 6.22. The summed E-state index contributed by atoms with van der Waals surface area (Å²) in [5, 5.41) is 12.2. The zero-order chi connectivity index (χ0) is 15.2. The molecule has 0 aromatic heterocycles. The van der Waals surface area contributed by atoms with Crippen LogP contribution in [0.4, 0.5) is 5.69 Å². The number of carbonyl (C=O) groups is 1. The topological polar surface area (TPSA) is 58.6 Å². The highest BCUT2D eigenvalue weighted by Gasteiger charge is 2.05. The van der Waals surface area contributed by atoms with Crippen LogP contribution < -0.4 is 10.1 Å². The normalized spacial score (nSPS) is 10.2. The molecule has 0 aliphatic rings. The van der Waals surface area contributed by atoms with Crippen molar-refractivity contribution in [2.45, 2.75) is 0 Å². The summed E-state index contributed by atoms with van der Waals surface area (Å²) in [4.78, 5) is 10.9. The quantitative estimate of drug-likeness (QED) is 0.687. The summed E-state index contributed by atoms with van der Waals surface area (Å²) in [6.07, 6.45) is 0. The molecule has 0 unspecified atom stereocenters. The van der Waals surface area contributed by atoms with Crippen LogP contribution in [0.25, 0.3) is 0 Å². The molecule has 0 bridgehead atoms. The van der Waals surface area contributed by atoms with Crippen LogP contribution in [0.1, 0.15) is 10.4 Å². The zero-order valence-electron chi connectivity index (χ0n) is 11.0. The van der Waals surface area contributed by atoms with Crippen molar-refractivity contribution in [2.75, 3.05) is 18.5 Å². The number of carboxylic acids is 1. The lowest BCUT2D eigenvalue weighted by molar-refractivity contribution is 0.0696. The van der Waals surface area contributed by atoms with Gasteiger partial charge in [-0.25, -0.2) is 4.79 Å². The second-order valence-corrected chi connectivity index (χ2v) is 5.91. The average Bonchev–Trinajstić information content (AvgIpc) is 2.46. The predicted octanol–water partition coefficient (Wildman–Crippen LogP) is 4.40. The van der Waals surface area contributed by atoms with E-state index in [2.05, 4.69) is 37.2 Å². The SMILES string of the molecule is O=C(O)c1cccc(OCCNc2c(Br)cccc2Br)c1. The number of carboxylic acid groups (broad SMARTS) is 1. The Hall–Kier alpha value is -1.53. The summed E-state index contributed by atoms with van der Waals surface area (Å²) in [5.74, 6) is -0.418. The van der Waals surface area contributed by atoms with E-state index < -0.39 is 5.97 Å². The van der Waals surface area contributed by atoms with E-state index in [0.717, 1.165) is 14.6 Å². The van der Waals surface area contributed by atoms with E-state index in [0.29, 0.717) is 18.9 Å². The lowest BCUT2D eigenvalue weighted by Gasteiger charge is -2.11. The number of anilines is 1. The third-order valence-corrected chi connectivity index (χ3v) is 4.04. The minimum Gasteiger partial charge on any atom is -0.492 e. The molecule has 0 radical (unpaired) electrons. The van der Waals surface area contributed by atoms with Gasteiger partial charge in [-0.1, -0.05) is 12.1 Å². The van der Waals surface area contributed by atoms with Crippen molar-refractivity contribution in [3.05, 3.63) is 57.0 Å². The minimum absolute atomic E-state index is 0.217. The van der Waals surface area contributed by atoms with E-state index in [1.54, 1.807) is 12.1 Å². The van der Waals surface area contributed by atoms with Gasteiger partial charge in [0.1, 0.15) is 12.4 Å². The molecule has 0 heterocycles. The van der Waals surface area contributed by atoms with Crippen molar-refractivity contribution in [3.63, 3.8) is 0 Å². The van der Waals surface area contributed by atoms with Crippen molar-refractivity contribution in [1.29, 1.82) is 0 Å². The highest BCUT2D eigenvalue weighted by molar-refractivity contribution is 9.11. The van der Waals surface area contributed by atoms with E-state index in [-0.39, 0.29) is 5.56 Å². The van der Waals surface area contributed by atoms with Gasteiger partial charge < -0.3 is 15.2 Å². The first-order chi connectivity index (χ1) is 10.1. The molecule has 4 nitrogen and oxygen atoms in total. The number of ether oxygens (including phenoxy) is 1. The average molecular weight is 415 g/mol. The second-order valence-electron chi connectivity index (χ2n) is 4.20. The predicted molar refractivity (Wildman–Crippen MR) is 89.2 cm³/mol. The van der Waals surface area contributed by atoms with Crippen LogP contribution in [0.2, 0.25) is 0 Å². The van der Waals surface area contributed by atoms with Gasteiger partial charge in [-0.05, 0) is 62.2 Å². The lowest BCUT2D eigenvalue weighted by Crippen LogP contribution is -2.12. The van der Waals surface area contributed by atoms with Gasteiger partial charge in [0, 0.05) is 15.5 Å². The molecular formula is C15H13Br2NO3. The summed E-state index contributed by atoms with van der Waals surface area (Å²) in [7, 11) is 0. The van der Waals surface area contributed by atoms with Crippen LogP contribution in [0, 0.1) is 0 Å². The van der Waals surface area contributed by atoms with Gasteiger partial charge in [0.05, 0.1) is 11.3 Å². The minimum atomic E-state index is -0.962. The Morgan fingerprint density at radius 2 is 1.81 bits per heavy atom. The number of nitrogens with one attached hydrogen (secondary N) is 1. The van der Waals surface area contributed by atoms with Gasteiger partial charge in [0.2, 0.25) is 0 Å². The Bertz CT molecular complexity index is 626. The van der Waals surface area contributed by atoms with Crippen LogP contribution >= 0.6 is 31.9 Å².